The highest BCUT2D eigenvalue weighted by atomic mass is 16.7. The van der Waals surface area contributed by atoms with Gasteiger partial charge in [-0.3, -0.25) is 9.59 Å². The van der Waals surface area contributed by atoms with Crippen molar-refractivity contribution in [2.45, 2.75) is 161 Å². The zero-order valence-electron chi connectivity index (χ0n) is 35.8. The summed E-state index contributed by atoms with van der Waals surface area (Å²) in [6, 6.07) is -0.884. The van der Waals surface area contributed by atoms with Gasteiger partial charge in [0, 0.05) is 43.3 Å². The minimum absolute atomic E-state index is 0.216. The molecule has 3 aliphatic heterocycles. The number of amides is 1. The smallest absolute Gasteiger partial charge is 0.425 e. The van der Waals surface area contributed by atoms with Gasteiger partial charge in [0.15, 0.2) is 17.7 Å². The van der Waals surface area contributed by atoms with Crippen LogP contribution in [-0.2, 0) is 38.8 Å². The summed E-state index contributed by atoms with van der Waals surface area (Å²) in [5.74, 6) is -3.77. The van der Waals surface area contributed by atoms with Crippen LogP contribution in [0.15, 0.2) is 24.7 Å². The third-order valence-electron chi connectivity index (χ3n) is 12.8. The summed E-state index contributed by atoms with van der Waals surface area (Å²) in [7, 11) is 5.37. The second kappa shape index (κ2) is 17.3. The quantitative estimate of drug-likeness (QED) is 0.187. The number of carbonyl (C=O) groups excluding carboxylic acids is 3. The number of hydrazine groups is 1. The Kier molecular flexibility index (Phi) is 14.1. The van der Waals surface area contributed by atoms with E-state index in [2.05, 4.69) is 35.4 Å². The number of aromatic nitrogens is 2. The van der Waals surface area contributed by atoms with Crippen LogP contribution in [0.3, 0.4) is 0 Å². The molecule has 4 heterocycles. The van der Waals surface area contributed by atoms with E-state index in [0.717, 1.165) is 11.3 Å². The zero-order chi connectivity index (χ0) is 41.4. The summed E-state index contributed by atoms with van der Waals surface area (Å²) < 4.78 is 33.6. The molecule has 13 atom stereocenters. The maximum atomic E-state index is 14.3. The van der Waals surface area contributed by atoms with Gasteiger partial charge in [0.1, 0.15) is 24.2 Å². The van der Waals surface area contributed by atoms with Crippen molar-refractivity contribution in [2.24, 2.45) is 23.7 Å². The molecular weight excluding hydrogens is 706 g/mol. The number of fused-ring (bicyclic) bond motifs is 1. The molecule has 14 heteroatoms. The molecule has 55 heavy (non-hydrogen) atoms. The normalized spacial score (nSPS) is 38.5. The number of hydrogen-bond acceptors (Lipinski definition) is 12. The molecule has 3 fully saturated rings. The number of Topliss-reactive ketones (excluding diaryl/α,β-unsaturated/α-hetero) is 1. The lowest BCUT2D eigenvalue weighted by atomic mass is 9.72. The monoisotopic (exact) mass is 776 g/mol. The maximum absolute atomic E-state index is 14.3. The lowest BCUT2D eigenvalue weighted by Gasteiger charge is -2.47. The van der Waals surface area contributed by atoms with Gasteiger partial charge in [0.2, 0.25) is 0 Å². The van der Waals surface area contributed by atoms with E-state index in [1.807, 2.05) is 73.1 Å². The number of nitrogens with one attached hydrogen (secondary N) is 1. The summed E-state index contributed by atoms with van der Waals surface area (Å²) in [6.07, 6.45) is 1.07. The number of cyclic esters (lactones) is 1. The maximum Gasteiger partial charge on any atom is 0.425 e. The predicted molar refractivity (Wildman–Crippen MR) is 208 cm³/mol. The number of hydrogen-bond donors (Lipinski definition) is 2. The van der Waals surface area contributed by atoms with E-state index in [0.29, 0.717) is 32.2 Å². The molecule has 0 aromatic carbocycles. The van der Waals surface area contributed by atoms with Crippen LogP contribution >= 0.6 is 0 Å². The Morgan fingerprint density at radius 3 is 2.35 bits per heavy atom. The van der Waals surface area contributed by atoms with Crippen LogP contribution in [0.25, 0.3) is 0 Å². The molecule has 312 valence electrons. The Morgan fingerprint density at radius 1 is 1.13 bits per heavy atom. The number of rotatable bonds is 10. The second-order valence-corrected chi connectivity index (χ2v) is 17.6. The van der Waals surface area contributed by atoms with E-state index in [1.54, 1.807) is 21.0 Å². The van der Waals surface area contributed by atoms with Crippen molar-refractivity contribution in [1.29, 1.82) is 0 Å². The van der Waals surface area contributed by atoms with Gasteiger partial charge >= 0.3 is 12.1 Å². The molecule has 3 saturated heterocycles. The van der Waals surface area contributed by atoms with Gasteiger partial charge < -0.3 is 38.3 Å². The van der Waals surface area contributed by atoms with Crippen molar-refractivity contribution >= 4 is 17.8 Å². The minimum atomic E-state index is -1.30. The minimum Gasteiger partial charge on any atom is -0.458 e. The first-order valence-corrected chi connectivity index (χ1v) is 19.9. The average molecular weight is 776 g/mol. The molecule has 4 rings (SSSR count). The number of likely N-dealkylation sites (N-methyl/N-ethyl adjacent to an activating group) is 1. The van der Waals surface area contributed by atoms with Crippen LogP contribution < -0.4 is 5.43 Å². The van der Waals surface area contributed by atoms with E-state index in [9.17, 15) is 19.5 Å². The second-order valence-electron chi connectivity index (χ2n) is 17.6. The van der Waals surface area contributed by atoms with Crippen LogP contribution in [-0.4, -0.2) is 124 Å². The van der Waals surface area contributed by atoms with Crippen LogP contribution in [0, 0.1) is 30.6 Å². The third kappa shape index (κ3) is 9.15. The van der Waals surface area contributed by atoms with E-state index in [4.69, 9.17) is 23.7 Å². The fourth-order valence-electron chi connectivity index (χ4n) is 8.97. The highest BCUT2D eigenvalue weighted by molar-refractivity contribution is 6.00. The number of nitrogens with zero attached hydrogens (tertiary/aromatic N) is 4. The molecule has 0 bridgehead atoms. The Morgan fingerprint density at radius 2 is 1.78 bits per heavy atom. The Labute approximate surface area is 328 Å². The summed E-state index contributed by atoms with van der Waals surface area (Å²) in [5, 5.41) is 13.0. The summed E-state index contributed by atoms with van der Waals surface area (Å²) in [6.45, 7) is 26.0. The number of carbonyl (C=O) groups is 3. The number of aryl methyl sites for hydroxylation is 1. The standard InChI is InChI=1S/C41H69N5O9/c1-16-31-41(12)34(46(38(50)55-41)43-18-17-39(9,10)45-21-24(3)42-22-45)27(6)26(5)23(2)20-40(11,51-15)35(28(7)32(47)29(8)36(49)53-31)54-37-33(48)30(44(13)14)19-25(4)52-37/h21-23,25,27-31,33-35,37,43,48H,5,16-20H2,1-4,6-15H3/t23?,25?,27?,28?,29?,30?,31-,33?,34?,35?,37?,40?,41?/m1/s1. The van der Waals surface area contributed by atoms with Crippen LogP contribution in [0.2, 0.25) is 0 Å². The number of esters is 1. The van der Waals surface area contributed by atoms with Crippen molar-refractivity contribution < 1.29 is 43.2 Å². The molecular formula is C41H69N5O9. The van der Waals surface area contributed by atoms with Gasteiger partial charge in [-0.2, -0.15) is 0 Å². The summed E-state index contributed by atoms with van der Waals surface area (Å²) in [4.78, 5) is 48.5. The van der Waals surface area contributed by atoms with Gasteiger partial charge in [0.05, 0.1) is 29.8 Å². The molecule has 0 radical (unpaired) electrons. The number of ether oxygens (including phenoxy) is 5. The number of aliphatic hydroxyl groups is 1. The Bertz CT molecular complexity index is 1530. The zero-order valence-corrected chi connectivity index (χ0v) is 35.8. The number of imidazole rings is 1. The molecule has 0 saturated carbocycles. The van der Waals surface area contributed by atoms with E-state index >= 15 is 0 Å². The number of aliphatic hydroxyl groups excluding tert-OH is 1. The van der Waals surface area contributed by atoms with Crippen molar-refractivity contribution in [3.8, 4) is 0 Å². The van der Waals surface area contributed by atoms with Crippen molar-refractivity contribution in [3.05, 3.63) is 30.4 Å². The molecule has 12 unspecified atom stereocenters. The fourth-order valence-corrected chi connectivity index (χ4v) is 8.97. The lowest BCUT2D eigenvalue weighted by Crippen LogP contribution is -2.60. The predicted octanol–water partition coefficient (Wildman–Crippen LogP) is 5.01. The Hall–Kier alpha value is -2.88. The molecule has 0 aliphatic carbocycles. The van der Waals surface area contributed by atoms with Crippen LogP contribution in [0.1, 0.15) is 101 Å². The molecule has 2 N–H and O–H groups in total. The van der Waals surface area contributed by atoms with Crippen molar-refractivity contribution in [3.63, 3.8) is 0 Å². The van der Waals surface area contributed by atoms with E-state index in [-0.39, 0.29) is 29.5 Å². The lowest BCUT2D eigenvalue weighted by molar-refractivity contribution is -0.295. The van der Waals surface area contributed by atoms with Crippen molar-refractivity contribution in [2.75, 3.05) is 27.7 Å². The molecule has 1 aromatic rings. The first kappa shape index (κ1) is 44.8. The van der Waals surface area contributed by atoms with Gasteiger partial charge in [-0.15, -0.1) is 0 Å². The average Bonchev–Trinajstić information content (AvgIpc) is 3.68. The Balaban J connectivity index is 1.73. The van der Waals surface area contributed by atoms with Gasteiger partial charge in [-0.05, 0) is 94.2 Å². The number of methoxy groups -OCH3 is 1. The first-order valence-electron chi connectivity index (χ1n) is 19.9. The third-order valence-corrected chi connectivity index (χ3v) is 12.8. The summed E-state index contributed by atoms with van der Waals surface area (Å²) in [5.41, 5.74) is 2.39. The SMILES string of the molecule is C=C1C(C)CC(C)(OC)C(OC2OC(C)CC(N(C)C)C2O)C(C)C(=O)C(C)C(=O)O[C@H](CC)C2(C)OC(=O)N(NCCC(C)(C)n3cnc(C)c3)C2C1C. The van der Waals surface area contributed by atoms with Gasteiger partial charge in [0.25, 0.3) is 0 Å². The van der Waals surface area contributed by atoms with Crippen molar-refractivity contribution in [1.82, 2.24) is 24.9 Å². The molecule has 14 nitrogen and oxygen atoms in total. The van der Waals surface area contributed by atoms with Gasteiger partial charge in [-0.25, -0.2) is 20.2 Å². The van der Waals surface area contributed by atoms with Gasteiger partial charge in [-0.1, -0.05) is 39.8 Å². The van der Waals surface area contributed by atoms with E-state index < -0.39 is 71.5 Å². The van der Waals surface area contributed by atoms with E-state index in [1.165, 1.54) is 11.9 Å². The van der Waals surface area contributed by atoms with Crippen LogP contribution in [0.4, 0.5) is 4.79 Å². The molecule has 1 amide bonds. The topological polar surface area (TPSA) is 154 Å². The number of ketones is 1. The highest BCUT2D eigenvalue weighted by Gasteiger charge is 2.60. The molecule has 1 aromatic heterocycles. The highest BCUT2D eigenvalue weighted by Crippen LogP contribution is 2.45. The first-order chi connectivity index (χ1) is 25.5. The largest absolute Gasteiger partial charge is 0.458 e. The fraction of sp³-hybridized carbons (Fsp3) is 0.805. The summed E-state index contributed by atoms with van der Waals surface area (Å²) >= 11 is 0. The molecule has 3 aliphatic rings. The molecule has 0 spiro atoms. The van der Waals surface area contributed by atoms with Crippen LogP contribution in [0.5, 0.6) is 0 Å².